The summed E-state index contributed by atoms with van der Waals surface area (Å²) >= 11 is 1.72. The first-order chi connectivity index (χ1) is 7.79. The SMILES string of the molecule is NNc1nc(N)nc2sc3c(c12)CCCC3. The molecule has 0 spiro atoms. The quantitative estimate of drug-likeness (QED) is 0.514. The zero-order valence-corrected chi connectivity index (χ0v) is 9.60. The number of thiophene rings is 1. The van der Waals surface area contributed by atoms with E-state index < -0.39 is 0 Å². The smallest absolute Gasteiger partial charge is 0.223 e. The van der Waals surface area contributed by atoms with Gasteiger partial charge in [0.1, 0.15) is 4.83 Å². The van der Waals surface area contributed by atoms with Crippen LogP contribution in [0.5, 0.6) is 0 Å². The Labute approximate surface area is 96.8 Å². The summed E-state index contributed by atoms with van der Waals surface area (Å²) in [5.41, 5.74) is 9.63. The van der Waals surface area contributed by atoms with Crippen LogP contribution >= 0.6 is 11.3 Å². The molecule has 0 fully saturated rings. The van der Waals surface area contributed by atoms with Crippen molar-refractivity contribution in [1.82, 2.24) is 9.97 Å². The number of fused-ring (bicyclic) bond motifs is 3. The molecule has 5 nitrogen and oxygen atoms in total. The van der Waals surface area contributed by atoms with Gasteiger partial charge in [-0.25, -0.2) is 10.8 Å². The minimum absolute atomic E-state index is 0.277. The van der Waals surface area contributed by atoms with Crippen LogP contribution in [-0.4, -0.2) is 9.97 Å². The lowest BCUT2D eigenvalue weighted by Crippen LogP contribution is -2.11. The minimum atomic E-state index is 0.277. The molecule has 0 unspecified atom stereocenters. The molecule has 0 amide bonds. The van der Waals surface area contributed by atoms with E-state index in [2.05, 4.69) is 15.4 Å². The third-order valence-electron chi connectivity index (χ3n) is 2.97. The zero-order chi connectivity index (χ0) is 11.1. The number of nitrogens with two attached hydrogens (primary N) is 2. The van der Waals surface area contributed by atoms with Gasteiger partial charge < -0.3 is 11.2 Å². The number of aryl methyl sites for hydroxylation is 2. The van der Waals surface area contributed by atoms with Gasteiger partial charge in [0.25, 0.3) is 0 Å². The molecule has 0 bridgehead atoms. The van der Waals surface area contributed by atoms with E-state index >= 15 is 0 Å². The van der Waals surface area contributed by atoms with Gasteiger partial charge in [-0.05, 0) is 31.2 Å². The highest BCUT2D eigenvalue weighted by Gasteiger charge is 2.20. The number of anilines is 2. The van der Waals surface area contributed by atoms with E-state index in [-0.39, 0.29) is 5.95 Å². The summed E-state index contributed by atoms with van der Waals surface area (Å²) in [6.07, 6.45) is 4.72. The van der Waals surface area contributed by atoms with E-state index in [9.17, 15) is 0 Å². The van der Waals surface area contributed by atoms with Gasteiger partial charge in [-0.1, -0.05) is 0 Å². The van der Waals surface area contributed by atoms with Crippen LogP contribution in [0.15, 0.2) is 0 Å². The minimum Gasteiger partial charge on any atom is -0.368 e. The van der Waals surface area contributed by atoms with Crippen molar-refractivity contribution < 1.29 is 0 Å². The number of hydrazine groups is 1. The largest absolute Gasteiger partial charge is 0.368 e. The molecule has 1 aliphatic carbocycles. The molecule has 0 radical (unpaired) electrons. The molecule has 3 rings (SSSR count). The summed E-state index contributed by atoms with van der Waals surface area (Å²) in [5.74, 6) is 6.42. The molecule has 2 heterocycles. The van der Waals surface area contributed by atoms with Gasteiger partial charge in [0, 0.05) is 4.88 Å². The predicted molar refractivity (Wildman–Crippen MR) is 66.3 cm³/mol. The Morgan fingerprint density at radius 3 is 2.81 bits per heavy atom. The number of rotatable bonds is 1. The Kier molecular flexibility index (Phi) is 2.19. The average molecular weight is 235 g/mol. The molecule has 0 aliphatic heterocycles. The monoisotopic (exact) mass is 235 g/mol. The Morgan fingerprint density at radius 1 is 1.19 bits per heavy atom. The van der Waals surface area contributed by atoms with Gasteiger partial charge >= 0.3 is 0 Å². The highest BCUT2D eigenvalue weighted by Crippen LogP contribution is 2.38. The Bertz CT molecular complexity index is 548. The van der Waals surface area contributed by atoms with E-state index in [0.29, 0.717) is 5.82 Å². The summed E-state index contributed by atoms with van der Waals surface area (Å²) in [5, 5.41) is 1.07. The molecular formula is C10H13N5S. The second kappa shape index (κ2) is 3.57. The summed E-state index contributed by atoms with van der Waals surface area (Å²) in [7, 11) is 0. The molecule has 2 aromatic rings. The van der Waals surface area contributed by atoms with E-state index in [0.717, 1.165) is 23.1 Å². The van der Waals surface area contributed by atoms with Gasteiger partial charge in [0.15, 0.2) is 5.82 Å². The van der Waals surface area contributed by atoms with Crippen LogP contribution in [0, 0.1) is 0 Å². The predicted octanol–water partition coefficient (Wildman–Crippen LogP) is 1.44. The number of nitrogens with zero attached hydrogens (tertiary/aromatic N) is 2. The van der Waals surface area contributed by atoms with Gasteiger partial charge in [-0.3, -0.25) is 0 Å². The molecular weight excluding hydrogens is 222 g/mol. The Morgan fingerprint density at radius 2 is 2.00 bits per heavy atom. The average Bonchev–Trinajstić information content (AvgIpc) is 2.65. The maximum atomic E-state index is 5.65. The second-order valence-electron chi connectivity index (χ2n) is 3.97. The maximum Gasteiger partial charge on any atom is 0.223 e. The van der Waals surface area contributed by atoms with Gasteiger partial charge in [-0.2, -0.15) is 4.98 Å². The summed E-state index contributed by atoms with van der Waals surface area (Å²) in [6, 6.07) is 0. The van der Waals surface area contributed by atoms with Gasteiger partial charge in [0.05, 0.1) is 5.39 Å². The van der Waals surface area contributed by atoms with Crippen molar-refractivity contribution >= 4 is 33.3 Å². The molecule has 6 heteroatoms. The maximum absolute atomic E-state index is 5.65. The third-order valence-corrected chi connectivity index (χ3v) is 4.15. The first kappa shape index (κ1) is 9.80. The molecule has 16 heavy (non-hydrogen) atoms. The van der Waals surface area contributed by atoms with Crippen LogP contribution in [0.2, 0.25) is 0 Å². The topological polar surface area (TPSA) is 89.8 Å². The third kappa shape index (κ3) is 1.34. The number of nitrogens with one attached hydrogen (secondary N) is 1. The van der Waals surface area contributed by atoms with Crippen molar-refractivity contribution in [3.8, 4) is 0 Å². The van der Waals surface area contributed by atoms with E-state index in [1.54, 1.807) is 11.3 Å². The molecule has 0 saturated carbocycles. The van der Waals surface area contributed by atoms with Crippen LogP contribution in [0.3, 0.4) is 0 Å². The summed E-state index contributed by atoms with van der Waals surface area (Å²) in [6.45, 7) is 0. The van der Waals surface area contributed by atoms with Crippen LogP contribution < -0.4 is 17.0 Å². The second-order valence-corrected chi connectivity index (χ2v) is 5.05. The molecule has 2 aromatic heterocycles. The van der Waals surface area contributed by atoms with Crippen LogP contribution in [0.1, 0.15) is 23.3 Å². The standard InChI is InChI=1S/C10H13N5S/c11-10-13-8(15-12)7-5-3-1-2-4-6(5)16-9(7)14-10/h1-4,12H2,(H3,11,13,14,15). The van der Waals surface area contributed by atoms with Crippen molar-refractivity contribution in [2.24, 2.45) is 5.84 Å². The van der Waals surface area contributed by atoms with Gasteiger partial charge in [-0.15, -0.1) is 11.3 Å². The first-order valence-electron chi connectivity index (χ1n) is 5.34. The molecule has 1 aliphatic rings. The van der Waals surface area contributed by atoms with E-state index in [1.165, 1.54) is 23.3 Å². The number of nitrogen functional groups attached to an aromatic ring is 2. The van der Waals surface area contributed by atoms with Crippen molar-refractivity contribution in [2.45, 2.75) is 25.7 Å². The van der Waals surface area contributed by atoms with Crippen LogP contribution in [0.4, 0.5) is 11.8 Å². The lowest BCUT2D eigenvalue weighted by molar-refractivity contribution is 0.700. The molecule has 84 valence electrons. The zero-order valence-electron chi connectivity index (χ0n) is 8.79. The van der Waals surface area contributed by atoms with Crippen molar-refractivity contribution in [2.75, 3.05) is 11.2 Å². The highest BCUT2D eigenvalue weighted by atomic mass is 32.1. The summed E-state index contributed by atoms with van der Waals surface area (Å²) in [4.78, 5) is 10.8. The first-order valence-corrected chi connectivity index (χ1v) is 6.15. The number of hydrogen-bond acceptors (Lipinski definition) is 6. The van der Waals surface area contributed by atoms with E-state index in [1.807, 2.05) is 0 Å². The molecule has 5 N–H and O–H groups in total. The molecule has 0 atom stereocenters. The van der Waals surface area contributed by atoms with E-state index in [4.69, 9.17) is 11.6 Å². The fourth-order valence-corrected chi connectivity index (χ4v) is 3.55. The Balaban J connectivity index is 2.34. The van der Waals surface area contributed by atoms with Crippen LogP contribution in [-0.2, 0) is 12.8 Å². The van der Waals surface area contributed by atoms with Gasteiger partial charge in [0.2, 0.25) is 5.95 Å². The number of aromatic nitrogens is 2. The van der Waals surface area contributed by atoms with Crippen LogP contribution in [0.25, 0.3) is 10.2 Å². The normalized spacial score (nSPS) is 15.1. The lowest BCUT2D eigenvalue weighted by Gasteiger charge is -2.11. The van der Waals surface area contributed by atoms with Crippen molar-refractivity contribution in [3.05, 3.63) is 10.4 Å². The number of hydrogen-bond donors (Lipinski definition) is 3. The molecule has 0 aromatic carbocycles. The fourth-order valence-electron chi connectivity index (χ4n) is 2.28. The van der Waals surface area contributed by atoms with Crippen molar-refractivity contribution in [1.29, 1.82) is 0 Å². The fraction of sp³-hybridized carbons (Fsp3) is 0.400. The van der Waals surface area contributed by atoms with Crippen molar-refractivity contribution in [3.63, 3.8) is 0 Å². The highest BCUT2D eigenvalue weighted by molar-refractivity contribution is 7.19. The lowest BCUT2D eigenvalue weighted by atomic mass is 9.97. The molecule has 0 saturated heterocycles. The summed E-state index contributed by atoms with van der Waals surface area (Å²) < 4.78 is 0. The Hall–Kier alpha value is -1.40.